The second-order valence-corrected chi connectivity index (χ2v) is 5.96. The molecule has 1 aliphatic heterocycles. The lowest BCUT2D eigenvalue weighted by atomic mass is 10.1. The van der Waals surface area contributed by atoms with Crippen molar-refractivity contribution in [1.82, 2.24) is 0 Å². The molecular weight excluding hydrogens is 307 g/mol. The molecule has 1 unspecified atom stereocenters. The highest BCUT2D eigenvalue weighted by Crippen LogP contribution is 2.27. The quantitative estimate of drug-likeness (QED) is 0.914. The predicted octanol–water partition coefficient (Wildman–Crippen LogP) is 3.44. The minimum Gasteiger partial charge on any atom is -0.380 e. The zero-order chi connectivity index (χ0) is 16.9. The SMILES string of the molecule is COCc1ccccc1NC(=O)C1CCN(c2ccccc2F)C1. The lowest BCUT2D eigenvalue weighted by Crippen LogP contribution is -2.27. The molecule has 0 bridgehead atoms. The van der Waals surface area contributed by atoms with E-state index in [0.29, 0.717) is 31.8 Å². The average molecular weight is 328 g/mol. The Kier molecular flexibility index (Phi) is 5.11. The summed E-state index contributed by atoms with van der Waals surface area (Å²) in [5.74, 6) is -0.429. The Morgan fingerprint density at radius 1 is 1.25 bits per heavy atom. The summed E-state index contributed by atoms with van der Waals surface area (Å²) < 4.78 is 19.1. The second kappa shape index (κ2) is 7.45. The van der Waals surface area contributed by atoms with E-state index in [1.54, 1.807) is 19.2 Å². The number of hydrogen-bond donors (Lipinski definition) is 1. The Balaban J connectivity index is 1.66. The molecule has 2 aromatic carbocycles. The van der Waals surface area contributed by atoms with Crippen LogP contribution in [0.15, 0.2) is 48.5 Å². The van der Waals surface area contributed by atoms with Crippen molar-refractivity contribution in [2.24, 2.45) is 5.92 Å². The van der Waals surface area contributed by atoms with Gasteiger partial charge in [0.2, 0.25) is 5.91 Å². The number of nitrogens with zero attached hydrogens (tertiary/aromatic N) is 1. The summed E-state index contributed by atoms with van der Waals surface area (Å²) in [5, 5.41) is 2.98. The molecule has 0 saturated carbocycles. The van der Waals surface area contributed by atoms with E-state index in [0.717, 1.165) is 11.3 Å². The van der Waals surface area contributed by atoms with Gasteiger partial charge in [-0.1, -0.05) is 30.3 Å². The van der Waals surface area contributed by atoms with Crippen LogP contribution in [-0.4, -0.2) is 26.1 Å². The Morgan fingerprint density at radius 2 is 2.00 bits per heavy atom. The molecule has 3 rings (SSSR count). The number of amides is 1. The molecule has 1 aliphatic rings. The van der Waals surface area contributed by atoms with Crippen molar-refractivity contribution in [3.63, 3.8) is 0 Å². The zero-order valence-corrected chi connectivity index (χ0v) is 13.7. The maximum Gasteiger partial charge on any atom is 0.229 e. The van der Waals surface area contributed by atoms with Gasteiger partial charge in [0.15, 0.2) is 0 Å². The number of para-hydroxylation sites is 2. The van der Waals surface area contributed by atoms with Crippen LogP contribution in [0, 0.1) is 11.7 Å². The number of methoxy groups -OCH3 is 1. The molecule has 0 radical (unpaired) electrons. The number of carbonyl (C=O) groups is 1. The van der Waals surface area contributed by atoms with Crippen LogP contribution in [0.1, 0.15) is 12.0 Å². The topological polar surface area (TPSA) is 41.6 Å². The normalized spacial score (nSPS) is 17.1. The Labute approximate surface area is 141 Å². The van der Waals surface area contributed by atoms with Crippen molar-refractivity contribution in [1.29, 1.82) is 0 Å². The third-order valence-electron chi connectivity index (χ3n) is 4.33. The van der Waals surface area contributed by atoms with E-state index in [1.165, 1.54) is 6.07 Å². The number of benzene rings is 2. The number of hydrogen-bond acceptors (Lipinski definition) is 3. The lowest BCUT2D eigenvalue weighted by molar-refractivity contribution is -0.119. The first kappa shape index (κ1) is 16.5. The van der Waals surface area contributed by atoms with E-state index in [4.69, 9.17) is 4.74 Å². The Bertz CT molecular complexity index is 720. The van der Waals surface area contributed by atoms with E-state index in [2.05, 4.69) is 5.32 Å². The fraction of sp³-hybridized carbons (Fsp3) is 0.316. The summed E-state index contributed by atoms with van der Waals surface area (Å²) in [6, 6.07) is 14.3. The molecule has 24 heavy (non-hydrogen) atoms. The molecule has 1 heterocycles. The van der Waals surface area contributed by atoms with Crippen LogP contribution in [-0.2, 0) is 16.1 Å². The summed E-state index contributed by atoms with van der Waals surface area (Å²) in [6.45, 7) is 1.65. The molecule has 1 atom stereocenters. The number of rotatable bonds is 5. The third kappa shape index (κ3) is 3.57. The average Bonchev–Trinajstić information content (AvgIpc) is 3.07. The summed E-state index contributed by atoms with van der Waals surface area (Å²) in [6.07, 6.45) is 0.715. The molecular formula is C19H21FN2O2. The van der Waals surface area contributed by atoms with Gasteiger partial charge in [0.05, 0.1) is 18.2 Å². The maximum atomic E-state index is 13.9. The molecule has 0 aromatic heterocycles. The highest BCUT2D eigenvalue weighted by Gasteiger charge is 2.29. The van der Waals surface area contributed by atoms with Gasteiger partial charge >= 0.3 is 0 Å². The smallest absolute Gasteiger partial charge is 0.229 e. The first-order valence-electron chi connectivity index (χ1n) is 8.06. The number of carbonyl (C=O) groups excluding carboxylic acids is 1. The van der Waals surface area contributed by atoms with Gasteiger partial charge in [-0.3, -0.25) is 4.79 Å². The van der Waals surface area contributed by atoms with Gasteiger partial charge in [0.25, 0.3) is 0 Å². The minimum atomic E-state index is -0.246. The van der Waals surface area contributed by atoms with Crippen LogP contribution in [0.4, 0.5) is 15.8 Å². The Morgan fingerprint density at radius 3 is 2.79 bits per heavy atom. The van der Waals surface area contributed by atoms with Crippen molar-refractivity contribution < 1.29 is 13.9 Å². The fourth-order valence-corrected chi connectivity index (χ4v) is 3.06. The van der Waals surface area contributed by atoms with Crippen LogP contribution in [0.25, 0.3) is 0 Å². The monoisotopic (exact) mass is 328 g/mol. The number of ether oxygens (including phenoxy) is 1. The van der Waals surface area contributed by atoms with Gasteiger partial charge in [-0.2, -0.15) is 0 Å². The largest absolute Gasteiger partial charge is 0.380 e. The van der Waals surface area contributed by atoms with Crippen molar-refractivity contribution in [2.75, 3.05) is 30.4 Å². The van der Waals surface area contributed by atoms with Crippen molar-refractivity contribution in [3.05, 3.63) is 59.9 Å². The van der Waals surface area contributed by atoms with Crippen LogP contribution >= 0.6 is 0 Å². The van der Waals surface area contributed by atoms with Crippen LogP contribution in [0.2, 0.25) is 0 Å². The van der Waals surface area contributed by atoms with Gasteiger partial charge in [0.1, 0.15) is 5.82 Å². The molecule has 1 N–H and O–H groups in total. The van der Waals surface area contributed by atoms with E-state index < -0.39 is 0 Å². The maximum absolute atomic E-state index is 13.9. The Hall–Kier alpha value is -2.40. The van der Waals surface area contributed by atoms with Gasteiger partial charge < -0.3 is 15.0 Å². The van der Waals surface area contributed by atoms with Crippen molar-refractivity contribution in [2.45, 2.75) is 13.0 Å². The van der Waals surface area contributed by atoms with Gasteiger partial charge in [-0.25, -0.2) is 4.39 Å². The van der Waals surface area contributed by atoms with Gasteiger partial charge in [-0.15, -0.1) is 0 Å². The van der Waals surface area contributed by atoms with E-state index in [9.17, 15) is 9.18 Å². The van der Waals surface area contributed by atoms with E-state index in [1.807, 2.05) is 35.2 Å². The van der Waals surface area contributed by atoms with Crippen LogP contribution < -0.4 is 10.2 Å². The molecule has 1 amide bonds. The number of nitrogens with one attached hydrogen (secondary N) is 1. The fourth-order valence-electron chi connectivity index (χ4n) is 3.06. The van der Waals surface area contributed by atoms with Gasteiger partial charge in [0, 0.05) is 31.5 Å². The molecule has 126 valence electrons. The van der Waals surface area contributed by atoms with E-state index in [-0.39, 0.29) is 17.6 Å². The minimum absolute atomic E-state index is 0.0302. The molecule has 5 heteroatoms. The van der Waals surface area contributed by atoms with Crippen LogP contribution in [0.3, 0.4) is 0 Å². The third-order valence-corrected chi connectivity index (χ3v) is 4.33. The first-order valence-corrected chi connectivity index (χ1v) is 8.06. The first-order chi connectivity index (χ1) is 11.7. The second-order valence-electron chi connectivity index (χ2n) is 5.96. The standard InChI is InChI=1S/C19H21FN2O2/c1-24-13-15-6-2-4-8-17(15)21-19(23)14-10-11-22(12-14)18-9-5-3-7-16(18)20/h2-9,14H,10-13H2,1H3,(H,21,23). The molecule has 4 nitrogen and oxygen atoms in total. The highest BCUT2D eigenvalue weighted by molar-refractivity contribution is 5.94. The number of anilines is 2. The highest BCUT2D eigenvalue weighted by atomic mass is 19.1. The number of halogens is 1. The molecule has 1 fully saturated rings. The molecule has 2 aromatic rings. The molecule has 1 saturated heterocycles. The predicted molar refractivity (Wildman–Crippen MR) is 92.5 cm³/mol. The summed E-state index contributed by atoms with van der Waals surface area (Å²) in [7, 11) is 1.63. The summed E-state index contributed by atoms with van der Waals surface area (Å²) in [5.41, 5.74) is 2.28. The van der Waals surface area contributed by atoms with Crippen LogP contribution in [0.5, 0.6) is 0 Å². The summed E-state index contributed by atoms with van der Waals surface area (Å²) >= 11 is 0. The zero-order valence-electron chi connectivity index (χ0n) is 13.7. The van der Waals surface area contributed by atoms with Gasteiger partial charge in [-0.05, 0) is 24.6 Å². The van der Waals surface area contributed by atoms with Crippen molar-refractivity contribution >= 4 is 17.3 Å². The lowest BCUT2D eigenvalue weighted by Gasteiger charge is -2.19. The molecule has 0 spiro atoms. The molecule has 0 aliphatic carbocycles. The summed E-state index contributed by atoms with van der Waals surface area (Å²) in [4.78, 5) is 14.5. The van der Waals surface area contributed by atoms with Crippen molar-refractivity contribution in [3.8, 4) is 0 Å². The van der Waals surface area contributed by atoms with E-state index >= 15 is 0 Å².